The second kappa shape index (κ2) is 6.99. The summed E-state index contributed by atoms with van der Waals surface area (Å²) in [7, 11) is 4.71. The Kier molecular flexibility index (Phi) is 4.84. The number of rotatable bonds is 3. The summed E-state index contributed by atoms with van der Waals surface area (Å²) in [4.78, 5) is 26.6. The van der Waals surface area contributed by atoms with Crippen molar-refractivity contribution in [3.8, 4) is 0 Å². The van der Waals surface area contributed by atoms with Crippen molar-refractivity contribution < 1.29 is 18.0 Å². The molecule has 3 rings (SSSR count). The number of alkyl halides is 3. The van der Waals surface area contributed by atoms with Gasteiger partial charge in [0.2, 0.25) is 0 Å². The zero-order valence-electron chi connectivity index (χ0n) is 15.3. The van der Waals surface area contributed by atoms with E-state index in [1.807, 2.05) is 0 Å². The molecule has 0 unspecified atom stereocenters. The molecule has 1 heterocycles. The third kappa shape index (κ3) is 3.55. The quantitative estimate of drug-likeness (QED) is 0.746. The normalized spacial score (nSPS) is 11.5. The van der Waals surface area contributed by atoms with E-state index in [2.05, 4.69) is 10.4 Å². The number of anilines is 2. The molecule has 0 fully saturated rings. The lowest BCUT2D eigenvalue weighted by atomic mass is 10.1. The fourth-order valence-electron chi connectivity index (χ4n) is 2.85. The number of halogens is 3. The van der Waals surface area contributed by atoms with Crippen molar-refractivity contribution in [3.63, 3.8) is 0 Å². The van der Waals surface area contributed by atoms with Crippen LogP contribution in [0.25, 0.3) is 10.8 Å². The van der Waals surface area contributed by atoms with Gasteiger partial charge in [0.15, 0.2) is 5.69 Å². The Morgan fingerprint density at radius 3 is 2.36 bits per heavy atom. The average Bonchev–Trinajstić information content (AvgIpc) is 2.63. The van der Waals surface area contributed by atoms with Crippen LogP contribution in [0.1, 0.15) is 16.1 Å². The molecule has 0 spiro atoms. The van der Waals surface area contributed by atoms with Crippen LogP contribution in [0.5, 0.6) is 0 Å². The molecule has 146 valence electrons. The molecule has 1 aromatic heterocycles. The summed E-state index contributed by atoms with van der Waals surface area (Å²) in [5.41, 5.74) is -0.924. The molecule has 0 radical (unpaired) electrons. The van der Waals surface area contributed by atoms with E-state index < -0.39 is 17.6 Å². The summed E-state index contributed by atoms with van der Waals surface area (Å²) in [5, 5.41) is 7.11. The zero-order valence-corrected chi connectivity index (χ0v) is 15.3. The molecule has 1 amide bonds. The standard InChI is InChI=1S/C19H17F3N4O2/c1-25(2)15-9-8-11(19(20,21)22)10-14(15)23-17(27)16-12-6-4-5-7-13(12)18(28)26(3)24-16/h4-10H,1-3H3,(H,23,27). The van der Waals surface area contributed by atoms with Crippen molar-refractivity contribution >= 4 is 28.1 Å². The molecule has 28 heavy (non-hydrogen) atoms. The van der Waals surface area contributed by atoms with Crippen LogP contribution >= 0.6 is 0 Å². The number of carbonyl (C=O) groups is 1. The molecule has 0 saturated heterocycles. The first-order valence-corrected chi connectivity index (χ1v) is 8.25. The van der Waals surface area contributed by atoms with Crippen LogP contribution in [0.2, 0.25) is 0 Å². The van der Waals surface area contributed by atoms with Crippen LogP contribution < -0.4 is 15.8 Å². The Labute approximate surface area is 158 Å². The van der Waals surface area contributed by atoms with Crippen molar-refractivity contribution in [1.82, 2.24) is 9.78 Å². The van der Waals surface area contributed by atoms with Gasteiger partial charge < -0.3 is 10.2 Å². The minimum absolute atomic E-state index is 0.00967. The fourth-order valence-corrected chi connectivity index (χ4v) is 2.85. The van der Waals surface area contributed by atoms with Crippen LogP contribution in [0.3, 0.4) is 0 Å². The van der Waals surface area contributed by atoms with Gasteiger partial charge in [-0.3, -0.25) is 9.59 Å². The summed E-state index contributed by atoms with van der Waals surface area (Å²) in [5.74, 6) is -0.714. The van der Waals surface area contributed by atoms with E-state index in [1.54, 1.807) is 43.3 Å². The van der Waals surface area contributed by atoms with Crippen molar-refractivity contribution in [3.05, 3.63) is 64.1 Å². The van der Waals surface area contributed by atoms with Crippen LogP contribution in [-0.2, 0) is 13.2 Å². The second-order valence-electron chi connectivity index (χ2n) is 6.40. The summed E-state index contributed by atoms with van der Waals surface area (Å²) in [6.07, 6.45) is -4.55. The SMILES string of the molecule is CN(C)c1ccc(C(F)(F)F)cc1NC(=O)c1nn(C)c(=O)c2ccccc12. The summed E-state index contributed by atoms with van der Waals surface area (Å²) < 4.78 is 40.3. The molecule has 2 aromatic carbocycles. The number of hydrogen-bond donors (Lipinski definition) is 1. The Hall–Kier alpha value is -3.36. The summed E-state index contributed by atoms with van der Waals surface area (Å²) in [6, 6.07) is 9.54. The number of nitrogens with one attached hydrogen (secondary N) is 1. The molecule has 0 bridgehead atoms. The third-order valence-electron chi connectivity index (χ3n) is 4.23. The smallest absolute Gasteiger partial charge is 0.376 e. The third-order valence-corrected chi connectivity index (χ3v) is 4.23. The van der Waals surface area contributed by atoms with Crippen molar-refractivity contribution in [2.45, 2.75) is 6.18 Å². The van der Waals surface area contributed by atoms with E-state index >= 15 is 0 Å². The number of fused-ring (bicyclic) bond motifs is 1. The minimum atomic E-state index is -4.55. The average molecular weight is 390 g/mol. The first kappa shape index (κ1) is 19.4. The van der Waals surface area contributed by atoms with Crippen LogP contribution in [0.15, 0.2) is 47.3 Å². The molecular formula is C19H17F3N4O2. The Bertz CT molecular complexity index is 1120. The van der Waals surface area contributed by atoms with Crippen LogP contribution in [0, 0.1) is 0 Å². The first-order valence-electron chi connectivity index (χ1n) is 8.25. The highest BCUT2D eigenvalue weighted by Crippen LogP contribution is 2.35. The number of aromatic nitrogens is 2. The highest BCUT2D eigenvalue weighted by Gasteiger charge is 2.31. The molecule has 0 aliphatic heterocycles. The monoisotopic (exact) mass is 390 g/mol. The lowest BCUT2D eigenvalue weighted by molar-refractivity contribution is -0.137. The van der Waals surface area contributed by atoms with Gasteiger partial charge in [-0.15, -0.1) is 0 Å². The molecule has 0 saturated carbocycles. The largest absolute Gasteiger partial charge is 0.416 e. The van der Waals surface area contributed by atoms with Gasteiger partial charge in [-0.2, -0.15) is 18.3 Å². The van der Waals surface area contributed by atoms with Crippen LogP contribution in [0.4, 0.5) is 24.5 Å². The maximum atomic E-state index is 13.1. The number of aryl methyl sites for hydroxylation is 1. The van der Waals surface area contributed by atoms with E-state index in [1.165, 1.54) is 13.1 Å². The van der Waals surface area contributed by atoms with Crippen molar-refractivity contribution in [1.29, 1.82) is 0 Å². The van der Waals surface area contributed by atoms with Gasteiger partial charge in [-0.1, -0.05) is 18.2 Å². The highest BCUT2D eigenvalue weighted by molar-refractivity contribution is 6.12. The number of benzene rings is 2. The van der Waals surface area contributed by atoms with Gasteiger partial charge in [0.1, 0.15) is 0 Å². The lowest BCUT2D eigenvalue weighted by Gasteiger charge is -2.20. The zero-order chi connectivity index (χ0) is 20.6. The topological polar surface area (TPSA) is 67.2 Å². The van der Waals surface area contributed by atoms with Gasteiger partial charge in [0.05, 0.1) is 22.3 Å². The predicted molar refractivity (Wildman–Crippen MR) is 101 cm³/mol. The Morgan fingerprint density at radius 1 is 1.11 bits per heavy atom. The van der Waals surface area contributed by atoms with E-state index in [4.69, 9.17) is 0 Å². The number of nitrogens with zero attached hydrogens (tertiary/aromatic N) is 3. The predicted octanol–water partition coefficient (Wildman–Crippen LogP) is 3.27. The van der Waals surface area contributed by atoms with Gasteiger partial charge >= 0.3 is 6.18 Å². The molecule has 9 heteroatoms. The number of amides is 1. The number of hydrogen-bond acceptors (Lipinski definition) is 4. The second-order valence-corrected chi connectivity index (χ2v) is 6.40. The van der Waals surface area contributed by atoms with Gasteiger partial charge in [-0.25, -0.2) is 4.68 Å². The van der Waals surface area contributed by atoms with Crippen LogP contribution in [-0.4, -0.2) is 29.8 Å². The van der Waals surface area contributed by atoms with Crippen molar-refractivity contribution in [2.75, 3.05) is 24.3 Å². The van der Waals surface area contributed by atoms with E-state index in [0.29, 0.717) is 16.5 Å². The van der Waals surface area contributed by atoms with Crippen molar-refractivity contribution in [2.24, 2.45) is 7.05 Å². The summed E-state index contributed by atoms with van der Waals surface area (Å²) >= 11 is 0. The lowest BCUT2D eigenvalue weighted by Crippen LogP contribution is -2.26. The maximum absolute atomic E-state index is 13.1. The molecule has 0 aliphatic rings. The van der Waals surface area contributed by atoms with Gasteiger partial charge in [-0.05, 0) is 24.3 Å². The number of carbonyl (C=O) groups excluding carboxylic acids is 1. The summed E-state index contributed by atoms with van der Waals surface area (Å²) in [6.45, 7) is 0. The molecule has 6 nitrogen and oxygen atoms in total. The van der Waals surface area contributed by atoms with E-state index in [-0.39, 0.29) is 16.9 Å². The molecule has 0 aliphatic carbocycles. The highest BCUT2D eigenvalue weighted by atomic mass is 19.4. The minimum Gasteiger partial charge on any atom is -0.376 e. The Balaban J connectivity index is 2.10. The van der Waals surface area contributed by atoms with E-state index in [0.717, 1.165) is 16.8 Å². The molecule has 3 aromatic rings. The van der Waals surface area contributed by atoms with Gasteiger partial charge in [0.25, 0.3) is 11.5 Å². The fraction of sp³-hybridized carbons (Fsp3) is 0.211. The molecule has 0 atom stereocenters. The van der Waals surface area contributed by atoms with E-state index in [9.17, 15) is 22.8 Å². The first-order chi connectivity index (χ1) is 13.1. The molecular weight excluding hydrogens is 373 g/mol. The Morgan fingerprint density at radius 2 is 1.75 bits per heavy atom. The maximum Gasteiger partial charge on any atom is 0.416 e. The van der Waals surface area contributed by atoms with Gasteiger partial charge in [0, 0.05) is 26.5 Å². The molecule has 1 N–H and O–H groups in total.